The van der Waals surface area contributed by atoms with Crippen LogP contribution in [0.4, 0.5) is 0 Å². The van der Waals surface area contributed by atoms with E-state index in [1.165, 1.54) is 0 Å². The molecule has 0 N–H and O–H groups in total. The lowest BCUT2D eigenvalue weighted by Crippen LogP contribution is -2.00. The molecule has 5 nitrogen and oxygen atoms in total. The predicted molar refractivity (Wildman–Crippen MR) is 203 cm³/mol. The van der Waals surface area contributed by atoms with Crippen molar-refractivity contribution in [3.05, 3.63) is 170 Å². The van der Waals surface area contributed by atoms with Gasteiger partial charge in [0.15, 0.2) is 23.1 Å². The Labute approximate surface area is 297 Å². The standard InChI is InChI=1S/C45H28N4O/c1-3-12-29(13-4-1)30-22-24-32(25-23-30)44-46-43(31-14-5-2-6-15-31)47-45(48-44)33-26-27-35-34-16-7-9-19-38(34)49(40(35)28-33)39-20-11-18-37-36-17-8-10-21-41(36)50-42(37)39/h1-28H/i7D,9D,16D,19D,26D,27D,28D. The lowest BCUT2D eigenvalue weighted by molar-refractivity contribution is 0.666. The smallest absolute Gasteiger partial charge is 0.164 e. The number of para-hydroxylation sites is 3. The molecule has 7 aromatic carbocycles. The average molecular weight is 648 g/mol. The van der Waals surface area contributed by atoms with Gasteiger partial charge < -0.3 is 8.98 Å². The van der Waals surface area contributed by atoms with Gasteiger partial charge in [0, 0.05) is 38.2 Å². The normalized spacial score (nSPS) is 13.6. The zero-order valence-electron chi connectivity index (χ0n) is 33.3. The summed E-state index contributed by atoms with van der Waals surface area (Å²) in [5, 5.41) is 1.68. The maximum Gasteiger partial charge on any atom is 0.164 e. The summed E-state index contributed by atoms with van der Waals surface area (Å²) in [6.07, 6.45) is 0. The SMILES string of the molecule is [2H]c1c([2H])c([2H])c2c(c1[2H])c1c([2H])c([2H])c(-c3nc(-c4ccccc4)nc(-c4ccc(-c5ccccc5)cc4)n3)c([2H])c1n2-c1cccc2c1oc1ccccc12. The largest absolute Gasteiger partial charge is 0.454 e. The third kappa shape index (κ3) is 4.60. The molecule has 0 bridgehead atoms. The van der Waals surface area contributed by atoms with Gasteiger partial charge in [-0.05, 0) is 35.3 Å². The first-order valence-corrected chi connectivity index (χ1v) is 16.1. The topological polar surface area (TPSA) is 56.7 Å². The summed E-state index contributed by atoms with van der Waals surface area (Å²) in [5.74, 6) is 0.603. The molecule has 0 fully saturated rings. The molecule has 5 heteroatoms. The Morgan fingerprint density at radius 1 is 0.440 bits per heavy atom. The highest BCUT2D eigenvalue weighted by Gasteiger charge is 2.19. The van der Waals surface area contributed by atoms with Crippen LogP contribution in [0.15, 0.2) is 174 Å². The monoisotopic (exact) mass is 647 g/mol. The van der Waals surface area contributed by atoms with E-state index < -0.39 is 12.1 Å². The molecule has 0 saturated heterocycles. The third-order valence-electron chi connectivity index (χ3n) is 8.92. The van der Waals surface area contributed by atoms with E-state index in [1.54, 1.807) is 10.6 Å². The summed E-state index contributed by atoms with van der Waals surface area (Å²) < 4.78 is 72.2. The van der Waals surface area contributed by atoms with Gasteiger partial charge >= 0.3 is 0 Å². The highest BCUT2D eigenvalue weighted by molar-refractivity contribution is 6.13. The Morgan fingerprint density at radius 3 is 1.80 bits per heavy atom. The molecule has 0 radical (unpaired) electrons. The first kappa shape index (κ1) is 21.9. The molecule has 10 rings (SSSR count). The van der Waals surface area contributed by atoms with Crippen molar-refractivity contribution >= 4 is 43.7 Å². The summed E-state index contributed by atoms with van der Waals surface area (Å²) in [4.78, 5) is 14.5. The second kappa shape index (κ2) is 11.4. The van der Waals surface area contributed by atoms with E-state index in [0.29, 0.717) is 39.6 Å². The molecule has 0 aliphatic heterocycles. The molecule has 234 valence electrons. The zero-order valence-corrected chi connectivity index (χ0v) is 26.3. The number of nitrogens with zero attached hydrogens (tertiary/aromatic N) is 4. The number of fused-ring (bicyclic) bond motifs is 6. The van der Waals surface area contributed by atoms with E-state index in [-0.39, 0.29) is 63.4 Å². The van der Waals surface area contributed by atoms with Gasteiger partial charge in [-0.25, -0.2) is 15.0 Å². The molecule has 0 aliphatic carbocycles. The van der Waals surface area contributed by atoms with Gasteiger partial charge in [0.25, 0.3) is 0 Å². The van der Waals surface area contributed by atoms with Gasteiger partial charge in [-0.15, -0.1) is 0 Å². The number of hydrogen-bond donors (Lipinski definition) is 0. The van der Waals surface area contributed by atoms with Crippen LogP contribution in [-0.4, -0.2) is 19.5 Å². The molecule has 0 atom stereocenters. The van der Waals surface area contributed by atoms with Crippen LogP contribution < -0.4 is 0 Å². The summed E-state index contributed by atoms with van der Waals surface area (Å²) in [6, 6.07) is 37.5. The van der Waals surface area contributed by atoms with Crippen molar-refractivity contribution in [2.45, 2.75) is 0 Å². The van der Waals surface area contributed by atoms with Crippen LogP contribution in [0.3, 0.4) is 0 Å². The van der Waals surface area contributed by atoms with Crippen LogP contribution in [0, 0.1) is 0 Å². The van der Waals surface area contributed by atoms with Crippen molar-refractivity contribution in [3.63, 3.8) is 0 Å². The van der Waals surface area contributed by atoms with Crippen LogP contribution in [0.25, 0.3) is 94.7 Å². The van der Waals surface area contributed by atoms with Gasteiger partial charge in [0.2, 0.25) is 0 Å². The van der Waals surface area contributed by atoms with Gasteiger partial charge in [0.05, 0.1) is 26.3 Å². The van der Waals surface area contributed by atoms with Gasteiger partial charge in [-0.2, -0.15) is 0 Å². The van der Waals surface area contributed by atoms with E-state index in [2.05, 4.69) is 0 Å². The Kier molecular flexibility index (Phi) is 4.99. The van der Waals surface area contributed by atoms with E-state index in [9.17, 15) is 4.11 Å². The van der Waals surface area contributed by atoms with Gasteiger partial charge in [-0.3, -0.25) is 0 Å². The predicted octanol–water partition coefficient (Wildman–Crippen LogP) is 11.5. The average Bonchev–Trinajstić information content (AvgIpc) is 3.82. The first-order chi connectivity index (χ1) is 27.7. The number of benzene rings is 7. The fourth-order valence-electron chi connectivity index (χ4n) is 6.55. The molecular weight excluding hydrogens is 613 g/mol. The van der Waals surface area contributed by atoms with E-state index in [1.807, 2.05) is 121 Å². The Balaban J connectivity index is 1.30. The summed E-state index contributed by atoms with van der Waals surface area (Å²) >= 11 is 0. The van der Waals surface area contributed by atoms with Crippen molar-refractivity contribution in [3.8, 4) is 51.0 Å². The van der Waals surface area contributed by atoms with Crippen molar-refractivity contribution in [1.82, 2.24) is 19.5 Å². The van der Waals surface area contributed by atoms with Crippen LogP contribution in [0.5, 0.6) is 0 Å². The Morgan fingerprint density at radius 2 is 1.02 bits per heavy atom. The molecule has 0 aliphatic rings. The second-order valence-electron chi connectivity index (χ2n) is 11.9. The minimum Gasteiger partial charge on any atom is -0.454 e. The summed E-state index contributed by atoms with van der Waals surface area (Å²) in [6.45, 7) is 0. The minimum atomic E-state index is -0.483. The van der Waals surface area contributed by atoms with Crippen molar-refractivity contribution in [2.75, 3.05) is 0 Å². The molecular formula is C45H28N4O. The van der Waals surface area contributed by atoms with Gasteiger partial charge in [0.1, 0.15) is 5.58 Å². The number of aromatic nitrogens is 4. The van der Waals surface area contributed by atoms with Gasteiger partial charge in [-0.1, -0.05) is 145 Å². The lowest BCUT2D eigenvalue weighted by atomic mass is 10.0. The Bertz CT molecular complexity index is 3260. The highest BCUT2D eigenvalue weighted by Crippen LogP contribution is 2.39. The fourth-order valence-corrected chi connectivity index (χ4v) is 6.55. The molecule has 0 amide bonds. The quantitative estimate of drug-likeness (QED) is 0.186. The number of furan rings is 1. The van der Waals surface area contributed by atoms with Crippen LogP contribution in [0.2, 0.25) is 0 Å². The second-order valence-corrected chi connectivity index (χ2v) is 11.9. The lowest BCUT2D eigenvalue weighted by Gasteiger charge is -2.11. The molecule has 3 heterocycles. The number of hydrogen-bond acceptors (Lipinski definition) is 4. The van der Waals surface area contributed by atoms with E-state index >= 15 is 0 Å². The molecule has 0 spiro atoms. The van der Waals surface area contributed by atoms with Crippen LogP contribution in [0.1, 0.15) is 9.60 Å². The molecule has 10 aromatic rings. The van der Waals surface area contributed by atoms with E-state index in [4.69, 9.17) is 24.9 Å². The van der Waals surface area contributed by atoms with Crippen LogP contribution in [-0.2, 0) is 0 Å². The first-order valence-electron chi connectivity index (χ1n) is 19.6. The summed E-state index contributed by atoms with van der Waals surface area (Å²) in [7, 11) is 0. The zero-order chi connectivity index (χ0) is 39.1. The van der Waals surface area contributed by atoms with Crippen molar-refractivity contribution in [2.24, 2.45) is 0 Å². The maximum atomic E-state index is 9.90. The molecule has 0 unspecified atom stereocenters. The van der Waals surface area contributed by atoms with Crippen LogP contribution >= 0.6 is 0 Å². The molecule has 3 aromatic heterocycles. The third-order valence-corrected chi connectivity index (χ3v) is 8.92. The fraction of sp³-hybridized carbons (Fsp3) is 0. The maximum absolute atomic E-state index is 9.90. The molecule has 0 saturated carbocycles. The van der Waals surface area contributed by atoms with E-state index in [0.717, 1.165) is 21.9 Å². The van der Waals surface area contributed by atoms with Crippen molar-refractivity contribution < 1.29 is 14.0 Å². The highest BCUT2D eigenvalue weighted by atomic mass is 16.3. The van der Waals surface area contributed by atoms with Crippen molar-refractivity contribution in [1.29, 1.82) is 0 Å². The minimum absolute atomic E-state index is 0.00491. The number of rotatable bonds is 5. The summed E-state index contributed by atoms with van der Waals surface area (Å²) in [5.41, 5.74) is 4.97. The Hall–Kier alpha value is -6.85. The molecule has 50 heavy (non-hydrogen) atoms.